The summed E-state index contributed by atoms with van der Waals surface area (Å²) in [7, 11) is 0. The summed E-state index contributed by atoms with van der Waals surface area (Å²) >= 11 is 0. The Morgan fingerprint density at radius 1 is 0.349 bits per heavy atom. The van der Waals surface area contributed by atoms with Crippen LogP contribution >= 0.6 is 0 Å². The van der Waals surface area contributed by atoms with Gasteiger partial charge in [-0.2, -0.15) is 0 Å². The zero-order valence-electron chi connectivity index (χ0n) is 22.5. The van der Waals surface area contributed by atoms with E-state index in [1.165, 1.54) is 0 Å². The van der Waals surface area contributed by atoms with E-state index in [0.717, 1.165) is 0 Å². The third kappa shape index (κ3) is 6.99. The first-order valence-corrected chi connectivity index (χ1v) is 13.5. The van der Waals surface area contributed by atoms with E-state index in [1.807, 2.05) is 0 Å². The van der Waals surface area contributed by atoms with Crippen molar-refractivity contribution in [1.82, 2.24) is 0 Å². The normalized spacial score (nSPS) is 52.8. The second-order valence-electron chi connectivity index (χ2n) is 10.7. The second kappa shape index (κ2) is 14.7. The SMILES string of the molecule is OC[C@@H]1O[C@@H](O[C@H]2[C@H](O[C@H]3[C@@H](O)[C@@H](CO)O[C@@H](O[C@H]4[C@H](O)[C@H](O)C(O)O[C@@H]4CO)[C@@H]3O)O[C@H](CO)[C@H](O)[C@@H]2O)[C@H](O)[C@H]1O. The van der Waals surface area contributed by atoms with E-state index in [0.29, 0.717) is 0 Å². The predicted octanol–water partition coefficient (Wildman–Crippen LogP) is -9.11. The number of hydrogen-bond donors (Lipinski definition) is 13. The summed E-state index contributed by atoms with van der Waals surface area (Å²) in [6.07, 6.45) is -33.0. The van der Waals surface area contributed by atoms with Gasteiger partial charge in [0.2, 0.25) is 0 Å². The predicted molar refractivity (Wildman–Crippen MR) is 128 cm³/mol. The Balaban J connectivity index is 1.56. The molecule has 20 heteroatoms. The maximum absolute atomic E-state index is 11.1. The van der Waals surface area contributed by atoms with Crippen molar-refractivity contribution >= 4 is 0 Å². The van der Waals surface area contributed by atoms with Crippen molar-refractivity contribution in [1.29, 1.82) is 0 Å². The van der Waals surface area contributed by atoms with Gasteiger partial charge in [0.25, 0.3) is 0 Å². The number of hydrogen-bond acceptors (Lipinski definition) is 20. The summed E-state index contributed by atoms with van der Waals surface area (Å²) in [5, 5.41) is 132. The molecule has 252 valence electrons. The van der Waals surface area contributed by atoms with Crippen molar-refractivity contribution in [2.45, 2.75) is 117 Å². The average molecular weight is 637 g/mol. The van der Waals surface area contributed by atoms with Gasteiger partial charge >= 0.3 is 0 Å². The molecule has 4 rings (SSSR count). The summed E-state index contributed by atoms with van der Waals surface area (Å²) in [4.78, 5) is 0. The topological polar surface area (TPSA) is 328 Å². The molecule has 0 radical (unpaired) electrons. The lowest BCUT2D eigenvalue weighted by molar-refractivity contribution is -0.387. The first-order valence-electron chi connectivity index (χ1n) is 13.5. The molecule has 0 aromatic carbocycles. The van der Waals surface area contributed by atoms with E-state index in [2.05, 4.69) is 0 Å². The van der Waals surface area contributed by atoms with Crippen molar-refractivity contribution < 1.29 is 99.5 Å². The molecule has 4 aliphatic heterocycles. The zero-order valence-corrected chi connectivity index (χ0v) is 22.5. The molecule has 4 saturated heterocycles. The molecule has 0 saturated carbocycles. The van der Waals surface area contributed by atoms with Gasteiger partial charge < -0.3 is 99.5 Å². The van der Waals surface area contributed by atoms with Gasteiger partial charge in [-0.05, 0) is 0 Å². The van der Waals surface area contributed by atoms with Crippen LogP contribution in [-0.4, -0.2) is 210 Å². The molecule has 0 aromatic rings. The molecule has 0 amide bonds. The van der Waals surface area contributed by atoms with E-state index in [-0.39, 0.29) is 0 Å². The first-order chi connectivity index (χ1) is 20.4. The fraction of sp³-hybridized carbons (Fsp3) is 1.00. The van der Waals surface area contributed by atoms with E-state index >= 15 is 0 Å². The van der Waals surface area contributed by atoms with Crippen molar-refractivity contribution in [3.63, 3.8) is 0 Å². The molecular weight excluding hydrogens is 596 g/mol. The molecule has 13 N–H and O–H groups in total. The van der Waals surface area contributed by atoms with Crippen LogP contribution in [0.2, 0.25) is 0 Å². The Labute approximate surface area is 243 Å². The number of rotatable bonds is 10. The summed E-state index contributed by atoms with van der Waals surface area (Å²) in [6, 6.07) is 0. The molecule has 4 aliphatic rings. The molecule has 20 nitrogen and oxygen atoms in total. The minimum Gasteiger partial charge on any atom is -0.394 e. The highest BCUT2D eigenvalue weighted by atomic mass is 16.8. The number of aliphatic hydroxyl groups is 13. The summed E-state index contributed by atoms with van der Waals surface area (Å²) < 4.78 is 38.0. The van der Waals surface area contributed by atoms with E-state index in [4.69, 9.17) is 33.2 Å². The van der Waals surface area contributed by atoms with Gasteiger partial charge in [-0.15, -0.1) is 0 Å². The quantitative estimate of drug-likeness (QED) is 0.106. The molecule has 43 heavy (non-hydrogen) atoms. The molecule has 0 bridgehead atoms. The van der Waals surface area contributed by atoms with Crippen LogP contribution in [0.5, 0.6) is 0 Å². The Morgan fingerprint density at radius 2 is 0.767 bits per heavy atom. The molecule has 1 unspecified atom stereocenters. The van der Waals surface area contributed by atoms with Crippen molar-refractivity contribution in [2.75, 3.05) is 26.4 Å². The van der Waals surface area contributed by atoms with Crippen molar-refractivity contribution in [3.8, 4) is 0 Å². The maximum atomic E-state index is 11.1. The third-order valence-electron chi connectivity index (χ3n) is 7.86. The highest BCUT2D eigenvalue weighted by Crippen LogP contribution is 2.34. The largest absolute Gasteiger partial charge is 0.394 e. The van der Waals surface area contributed by atoms with Crippen LogP contribution in [0.4, 0.5) is 0 Å². The van der Waals surface area contributed by atoms with E-state index < -0.39 is 143 Å². The third-order valence-corrected chi connectivity index (χ3v) is 7.86. The molecule has 0 spiro atoms. The van der Waals surface area contributed by atoms with Crippen LogP contribution in [-0.2, 0) is 33.2 Å². The standard InChI is InChI=1S/C23H40O20/c24-1-5-9(28)12(31)19(43-21-15(34)10(29)6(2-25)38-21)23(40-5)42-18-11(30)7(3-26)39-22(16(18)35)41-17-8(4-27)37-20(36)14(33)13(17)32/h5-36H,1-4H2/t5-,6+,7-,8-,9+,10+,11+,12+,13-,14+,15-,16-,17-,18+,19-,20?,21+,22+,23+/m1/s1. The van der Waals surface area contributed by atoms with Crippen LogP contribution in [0.25, 0.3) is 0 Å². The lowest BCUT2D eigenvalue weighted by Gasteiger charge is -2.48. The van der Waals surface area contributed by atoms with Crippen LogP contribution in [0.15, 0.2) is 0 Å². The Bertz CT molecular complexity index is 869. The maximum Gasteiger partial charge on any atom is 0.187 e. The van der Waals surface area contributed by atoms with Crippen molar-refractivity contribution in [2.24, 2.45) is 0 Å². The monoisotopic (exact) mass is 636 g/mol. The fourth-order valence-electron chi connectivity index (χ4n) is 5.31. The summed E-state index contributed by atoms with van der Waals surface area (Å²) in [6.45, 7) is -3.26. The average Bonchev–Trinajstić information content (AvgIpc) is 3.27. The first kappa shape index (κ1) is 35.1. The summed E-state index contributed by atoms with van der Waals surface area (Å²) in [5.41, 5.74) is 0. The van der Waals surface area contributed by atoms with Gasteiger partial charge in [0.1, 0.15) is 91.6 Å². The lowest BCUT2D eigenvalue weighted by Crippen LogP contribution is -2.67. The Hall–Kier alpha value is -0.800. The molecule has 0 aliphatic carbocycles. The lowest BCUT2D eigenvalue weighted by atomic mass is 9.96. The minimum atomic E-state index is -2.01. The van der Waals surface area contributed by atoms with Crippen LogP contribution < -0.4 is 0 Å². The Morgan fingerprint density at radius 3 is 1.33 bits per heavy atom. The molecule has 4 heterocycles. The number of aliphatic hydroxyl groups excluding tert-OH is 13. The molecular formula is C23H40O20. The Kier molecular flexibility index (Phi) is 12.0. The van der Waals surface area contributed by atoms with Gasteiger partial charge in [0.15, 0.2) is 25.2 Å². The highest BCUT2D eigenvalue weighted by molar-refractivity contribution is 4.97. The van der Waals surface area contributed by atoms with E-state index in [1.54, 1.807) is 0 Å². The number of ether oxygens (including phenoxy) is 7. The van der Waals surface area contributed by atoms with Gasteiger partial charge in [-0.1, -0.05) is 0 Å². The molecule has 0 aromatic heterocycles. The van der Waals surface area contributed by atoms with Gasteiger partial charge in [0.05, 0.1) is 26.4 Å². The van der Waals surface area contributed by atoms with Gasteiger partial charge in [0, 0.05) is 0 Å². The van der Waals surface area contributed by atoms with Gasteiger partial charge in [-0.25, -0.2) is 0 Å². The molecule has 4 fully saturated rings. The second-order valence-corrected chi connectivity index (χ2v) is 10.7. The zero-order chi connectivity index (χ0) is 31.7. The van der Waals surface area contributed by atoms with Crippen LogP contribution in [0.3, 0.4) is 0 Å². The molecule has 19 atom stereocenters. The fourth-order valence-corrected chi connectivity index (χ4v) is 5.31. The van der Waals surface area contributed by atoms with Crippen molar-refractivity contribution in [3.05, 3.63) is 0 Å². The van der Waals surface area contributed by atoms with Gasteiger partial charge in [-0.3, -0.25) is 0 Å². The highest BCUT2D eigenvalue weighted by Gasteiger charge is 2.55. The van der Waals surface area contributed by atoms with Crippen LogP contribution in [0.1, 0.15) is 0 Å². The van der Waals surface area contributed by atoms with Crippen LogP contribution in [0, 0.1) is 0 Å². The smallest absolute Gasteiger partial charge is 0.187 e. The van der Waals surface area contributed by atoms with E-state index in [9.17, 15) is 66.4 Å². The summed E-state index contributed by atoms with van der Waals surface area (Å²) in [5.74, 6) is 0. The minimum absolute atomic E-state index is 0.713.